The molecule has 1 heterocycles. The zero-order valence-corrected chi connectivity index (χ0v) is 11.8. The minimum atomic E-state index is -1.01. The summed E-state index contributed by atoms with van der Waals surface area (Å²) >= 11 is 0. The summed E-state index contributed by atoms with van der Waals surface area (Å²) in [5.41, 5.74) is 0. The highest BCUT2D eigenvalue weighted by Gasteiger charge is 2.23. The number of aromatic nitrogens is 2. The zero-order chi connectivity index (χ0) is 14.4. The second-order valence-corrected chi connectivity index (χ2v) is 4.73. The van der Waals surface area contributed by atoms with Gasteiger partial charge in [0.25, 0.3) is 5.91 Å². The van der Waals surface area contributed by atoms with E-state index in [9.17, 15) is 9.90 Å². The average Bonchev–Trinajstić information content (AvgIpc) is 2.81. The molecule has 0 spiro atoms. The summed E-state index contributed by atoms with van der Waals surface area (Å²) in [6.45, 7) is 4.26. The number of ether oxygens (including phenoxy) is 1. The fourth-order valence-corrected chi connectivity index (χ4v) is 1.44. The van der Waals surface area contributed by atoms with Crippen molar-refractivity contribution in [3.8, 4) is 0 Å². The third-order valence-corrected chi connectivity index (χ3v) is 2.67. The van der Waals surface area contributed by atoms with E-state index >= 15 is 0 Å². The van der Waals surface area contributed by atoms with Crippen molar-refractivity contribution in [2.45, 2.75) is 32.9 Å². The van der Waals surface area contributed by atoms with Crippen molar-refractivity contribution in [3.63, 3.8) is 0 Å². The zero-order valence-electron chi connectivity index (χ0n) is 11.8. The minimum absolute atomic E-state index is 0.130. The molecule has 1 aromatic heterocycles. The minimum Gasteiger partial charge on any atom is -0.384 e. The maximum atomic E-state index is 11.8. The lowest BCUT2D eigenvalue weighted by Gasteiger charge is -2.20. The van der Waals surface area contributed by atoms with Gasteiger partial charge in [-0.05, 0) is 5.92 Å². The molecule has 1 atom stereocenters. The van der Waals surface area contributed by atoms with Crippen LogP contribution in [0.5, 0.6) is 0 Å². The van der Waals surface area contributed by atoms with Crippen molar-refractivity contribution in [2.75, 3.05) is 20.8 Å². The van der Waals surface area contributed by atoms with Crippen molar-refractivity contribution < 1.29 is 19.2 Å². The number of nitrogens with zero attached hydrogens (tertiary/aromatic N) is 3. The molecule has 7 heteroatoms. The van der Waals surface area contributed by atoms with Gasteiger partial charge < -0.3 is 19.3 Å². The van der Waals surface area contributed by atoms with Crippen molar-refractivity contribution in [1.29, 1.82) is 0 Å². The maximum absolute atomic E-state index is 11.8. The summed E-state index contributed by atoms with van der Waals surface area (Å²) in [6, 6.07) is 0. The van der Waals surface area contributed by atoms with E-state index in [1.807, 2.05) is 0 Å². The number of aliphatic hydroxyl groups is 1. The number of rotatable bonds is 7. The molecular formula is C12H21N3O4. The van der Waals surface area contributed by atoms with Crippen LogP contribution in [0.2, 0.25) is 0 Å². The lowest BCUT2D eigenvalue weighted by molar-refractivity contribution is -0.141. The highest BCUT2D eigenvalue weighted by Crippen LogP contribution is 2.08. The third kappa shape index (κ3) is 4.60. The monoisotopic (exact) mass is 271 g/mol. The molecule has 1 aromatic rings. The number of likely N-dealkylation sites (N-methyl/N-ethyl adjacent to an activating group) is 1. The number of hydrogen-bond donors (Lipinski definition) is 1. The standard InChI is InChI=1S/C12H21N3O4/c1-8(2)11(16)12(17)15(3)7-10-13-9(14-19-10)5-6-18-4/h8,11,16H,5-7H2,1-4H3/t11-/m1/s1. The van der Waals surface area contributed by atoms with Crippen LogP contribution in [-0.4, -0.2) is 52.9 Å². The average molecular weight is 271 g/mol. The van der Waals surface area contributed by atoms with Crippen LogP contribution in [0, 0.1) is 5.92 Å². The summed E-state index contributed by atoms with van der Waals surface area (Å²) in [4.78, 5) is 17.3. The predicted octanol–water partition coefficient (Wildman–Crippen LogP) is 0.234. The Morgan fingerprint density at radius 3 is 2.79 bits per heavy atom. The molecule has 0 fully saturated rings. The van der Waals surface area contributed by atoms with Gasteiger partial charge in [-0.2, -0.15) is 4.98 Å². The summed E-state index contributed by atoms with van der Waals surface area (Å²) in [6.07, 6.45) is -0.451. The van der Waals surface area contributed by atoms with Gasteiger partial charge in [0.1, 0.15) is 6.10 Å². The molecule has 0 saturated carbocycles. The van der Waals surface area contributed by atoms with Crippen molar-refractivity contribution >= 4 is 5.91 Å². The van der Waals surface area contributed by atoms with Crippen molar-refractivity contribution in [1.82, 2.24) is 15.0 Å². The van der Waals surface area contributed by atoms with Gasteiger partial charge >= 0.3 is 0 Å². The first-order valence-corrected chi connectivity index (χ1v) is 6.19. The Balaban J connectivity index is 2.54. The summed E-state index contributed by atoms with van der Waals surface area (Å²) in [7, 11) is 3.19. The lowest BCUT2D eigenvalue weighted by Crippen LogP contribution is -2.38. The summed E-state index contributed by atoms with van der Waals surface area (Å²) in [5.74, 6) is 0.404. The topological polar surface area (TPSA) is 88.7 Å². The van der Waals surface area contributed by atoms with Crippen LogP contribution >= 0.6 is 0 Å². The van der Waals surface area contributed by atoms with Crippen molar-refractivity contribution in [2.24, 2.45) is 5.92 Å². The quantitative estimate of drug-likeness (QED) is 0.764. The van der Waals surface area contributed by atoms with E-state index in [0.29, 0.717) is 24.7 Å². The van der Waals surface area contributed by atoms with E-state index in [1.165, 1.54) is 4.90 Å². The first-order chi connectivity index (χ1) is 8.95. The second-order valence-electron chi connectivity index (χ2n) is 4.73. The number of amides is 1. The molecule has 0 unspecified atom stereocenters. The van der Waals surface area contributed by atoms with E-state index in [-0.39, 0.29) is 18.4 Å². The van der Waals surface area contributed by atoms with Crippen LogP contribution in [-0.2, 0) is 22.5 Å². The SMILES string of the molecule is COCCc1noc(CN(C)C(=O)[C@H](O)C(C)C)n1. The largest absolute Gasteiger partial charge is 0.384 e. The van der Waals surface area contributed by atoms with E-state index in [0.717, 1.165) is 0 Å². The van der Waals surface area contributed by atoms with Crippen LogP contribution in [0.25, 0.3) is 0 Å². The van der Waals surface area contributed by atoms with E-state index in [1.54, 1.807) is 28.0 Å². The fourth-order valence-electron chi connectivity index (χ4n) is 1.44. The van der Waals surface area contributed by atoms with Gasteiger partial charge in [0, 0.05) is 20.6 Å². The Morgan fingerprint density at radius 2 is 2.21 bits per heavy atom. The molecule has 1 rings (SSSR count). The Kier molecular flexibility index (Phi) is 5.91. The van der Waals surface area contributed by atoms with Crippen LogP contribution in [0.4, 0.5) is 0 Å². The molecule has 1 N–H and O–H groups in total. The predicted molar refractivity (Wildman–Crippen MR) is 67.2 cm³/mol. The molecule has 108 valence electrons. The smallest absolute Gasteiger partial charge is 0.251 e. The number of carbonyl (C=O) groups is 1. The molecule has 0 radical (unpaired) electrons. The molecule has 1 amide bonds. The third-order valence-electron chi connectivity index (χ3n) is 2.67. The molecule has 0 aliphatic carbocycles. The van der Waals surface area contributed by atoms with Gasteiger partial charge in [0.05, 0.1) is 13.2 Å². The van der Waals surface area contributed by atoms with E-state index < -0.39 is 6.10 Å². The number of methoxy groups -OCH3 is 1. The van der Waals surface area contributed by atoms with E-state index in [4.69, 9.17) is 9.26 Å². The van der Waals surface area contributed by atoms with Crippen LogP contribution < -0.4 is 0 Å². The van der Waals surface area contributed by atoms with Crippen LogP contribution in [0.1, 0.15) is 25.6 Å². The van der Waals surface area contributed by atoms with E-state index in [2.05, 4.69) is 10.1 Å². The number of hydrogen-bond acceptors (Lipinski definition) is 6. The summed E-state index contributed by atoms with van der Waals surface area (Å²) in [5, 5.41) is 13.5. The Labute approximate surface area is 112 Å². The van der Waals surface area contributed by atoms with Gasteiger partial charge in [-0.25, -0.2) is 0 Å². The lowest BCUT2D eigenvalue weighted by atomic mass is 10.1. The first-order valence-electron chi connectivity index (χ1n) is 6.19. The van der Waals surface area contributed by atoms with Gasteiger partial charge in [0.2, 0.25) is 5.89 Å². The number of aliphatic hydroxyl groups excluding tert-OH is 1. The Hall–Kier alpha value is -1.47. The maximum Gasteiger partial charge on any atom is 0.251 e. The summed E-state index contributed by atoms with van der Waals surface area (Å²) < 4.78 is 9.94. The highest BCUT2D eigenvalue weighted by atomic mass is 16.5. The van der Waals surface area contributed by atoms with Gasteiger partial charge in [-0.3, -0.25) is 4.79 Å². The fraction of sp³-hybridized carbons (Fsp3) is 0.750. The molecule has 0 saturated heterocycles. The highest BCUT2D eigenvalue weighted by molar-refractivity contribution is 5.80. The van der Waals surface area contributed by atoms with Crippen molar-refractivity contribution in [3.05, 3.63) is 11.7 Å². The van der Waals surface area contributed by atoms with Crippen LogP contribution in [0.15, 0.2) is 4.52 Å². The number of carbonyl (C=O) groups excluding carboxylic acids is 1. The first kappa shape index (κ1) is 15.6. The molecule has 19 heavy (non-hydrogen) atoms. The molecule has 0 aliphatic rings. The van der Waals surface area contributed by atoms with Gasteiger partial charge in [-0.1, -0.05) is 19.0 Å². The molecule has 0 bridgehead atoms. The second kappa shape index (κ2) is 7.20. The Morgan fingerprint density at radius 1 is 1.53 bits per heavy atom. The van der Waals surface area contributed by atoms with Gasteiger partial charge in [-0.15, -0.1) is 0 Å². The molecule has 0 aromatic carbocycles. The molecule has 7 nitrogen and oxygen atoms in total. The van der Waals surface area contributed by atoms with Gasteiger partial charge in [0.15, 0.2) is 5.82 Å². The van der Waals surface area contributed by atoms with Crippen LogP contribution in [0.3, 0.4) is 0 Å². The normalized spacial score (nSPS) is 12.7. The molecular weight excluding hydrogens is 250 g/mol. The molecule has 0 aliphatic heterocycles. The Bertz CT molecular complexity index is 405.